The van der Waals surface area contributed by atoms with Crippen molar-refractivity contribution in [3.8, 4) is 0 Å². The molecule has 2 N–H and O–H groups in total. The molecule has 4 rings (SSSR count). The Bertz CT molecular complexity index is 1110. The van der Waals surface area contributed by atoms with E-state index >= 15 is 0 Å². The Labute approximate surface area is 204 Å². The van der Waals surface area contributed by atoms with Crippen molar-refractivity contribution in [2.24, 2.45) is 10.8 Å². The largest absolute Gasteiger partial charge is 0.478 e. The normalized spacial score (nSPS) is 17.4. The minimum atomic E-state index is -1.05. The van der Waals surface area contributed by atoms with Gasteiger partial charge in [-0.05, 0) is 55.9 Å². The number of ether oxygens (including phenoxy) is 2. The first-order chi connectivity index (χ1) is 16.6. The van der Waals surface area contributed by atoms with Crippen LogP contribution in [0.3, 0.4) is 0 Å². The molecule has 1 saturated heterocycles. The summed E-state index contributed by atoms with van der Waals surface area (Å²) < 4.78 is 13.0. The predicted octanol–water partition coefficient (Wildman–Crippen LogP) is 3.11. The summed E-state index contributed by atoms with van der Waals surface area (Å²) in [5.41, 5.74) is 2.45. The van der Waals surface area contributed by atoms with Gasteiger partial charge in [-0.15, -0.1) is 0 Å². The van der Waals surface area contributed by atoms with Crippen LogP contribution in [0.1, 0.15) is 76.1 Å². The molecule has 1 aromatic carbocycles. The van der Waals surface area contributed by atoms with Gasteiger partial charge in [-0.3, -0.25) is 9.48 Å². The van der Waals surface area contributed by atoms with Crippen LogP contribution in [0.15, 0.2) is 24.3 Å². The third kappa shape index (κ3) is 5.40. The summed E-state index contributed by atoms with van der Waals surface area (Å²) >= 11 is 0. The zero-order chi connectivity index (χ0) is 25.2. The van der Waals surface area contributed by atoms with Crippen molar-refractivity contribution < 1.29 is 29.0 Å². The van der Waals surface area contributed by atoms with E-state index < -0.39 is 17.4 Å². The van der Waals surface area contributed by atoms with E-state index in [1.165, 1.54) is 24.3 Å². The fourth-order valence-electron chi connectivity index (χ4n) is 4.90. The van der Waals surface area contributed by atoms with Gasteiger partial charge in [-0.25, -0.2) is 9.59 Å². The highest BCUT2D eigenvalue weighted by atomic mass is 16.5. The standard InChI is InChI=1S/C26H33N3O6/c1-4-29-21-19(13-26(15-27-22(21)30)9-11-34-12-10-26)20(28-29)14-25(2,3)16-35-24(33)18-7-5-17(6-8-18)23(31)32/h5-8H,4,9-16H2,1-3H3,(H,27,30)(H,31,32). The topological polar surface area (TPSA) is 120 Å². The molecule has 3 heterocycles. The maximum atomic E-state index is 13.0. The number of hydrogen-bond acceptors (Lipinski definition) is 6. The number of nitrogens with one attached hydrogen (secondary N) is 1. The van der Waals surface area contributed by atoms with Crippen LogP contribution >= 0.6 is 0 Å². The van der Waals surface area contributed by atoms with Crippen LogP contribution < -0.4 is 5.32 Å². The molecule has 35 heavy (non-hydrogen) atoms. The van der Waals surface area contributed by atoms with Gasteiger partial charge in [0.25, 0.3) is 5.91 Å². The van der Waals surface area contributed by atoms with Gasteiger partial charge in [0.2, 0.25) is 0 Å². The number of esters is 1. The Morgan fingerprint density at radius 1 is 1.20 bits per heavy atom. The average molecular weight is 484 g/mol. The van der Waals surface area contributed by atoms with Crippen LogP contribution in [0.5, 0.6) is 0 Å². The number of nitrogens with zero attached hydrogens (tertiary/aromatic N) is 2. The van der Waals surface area contributed by atoms with Gasteiger partial charge in [0, 0.05) is 43.7 Å². The number of benzene rings is 1. The Kier molecular flexibility index (Phi) is 6.98. The first kappa shape index (κ1) is 24.9. The van der Waals surface area contributed by atoms with Crippen LogP contribution in [-0.4, -0.2) is 59.1 Å². The highest BCUT2D eigenvalue weighted by molar-refractivity contribution is 5.95. The Morgan fingerprint density at radius 3 is 2.49 bits per heavy atom. The summed E-state index contributed by atoms with van der Waals surface area (Å²) in [5.74, 6) is -1.64. The Morgan fingerprint density at radius 2 is 1.86 bits per heavy atom. The molecule has 188 valence electrons. The summed E-state index contributed by atoms with van der Waals surface area (Å²) in [6, 6.07) is 5.67. The Balaban J connectivity index is 1.51. The van der Waals surface area contributed by atoms with Crippen LogP contribution in [0.4, 0.5) is 0 Å². The molecule has 9 nitrogen and oxygen atoms in total. The maximum absolute atomic E-state index is 13.0. The van der Waals surface area contributed by atoms with Crippen molar-refractivity contribution >= 4 is 17.8 Å². The minimum absolute atomic E-state index is 0.0335. The zero-order valence-electron chi connectivity index (χ0n) is 20.6. The second-order valence-electron chi connectivity index (χ2n) is 10.4. The molecule has 9 heteroatoms. The van der Waals surface area contributed by atoms with E-state index in [9.17, 15) is 14.4 Å². The number of hydrogen-bond donors (Lipinski definition) is 2. The fraction of sp³-hybridized carbons (Fsp3) is 0.538. The number of fused-ring (bicyclic) bond motifs is 1. The molecule has 0 saturated carbocycles. The summed E-state index contributed by atoms with van der Waals surface area (Å²) in [7, 11) is 0. The SMILES string of the molecule is CCn1nc(CC(C)(C)COC(=O)c2ccc(C(=O)O)cc2)c2c1C(=O)NCC1(CCOCC1)C2. The van der Waals surface area contributed by atoms with Gasteiger partial charge in [0.05, 0.1) is 23.4 Å². The van der Waals surface area contributed by atoms with Crippen LogP contribution in [-0.2, 0) is 28.9 Å². The average Bonchev–Trinajstić information content (AvgIpc) is 3.10. The molecule has 2 aliphatic heterocycles. The smallest absolute Gasteiger partial charge is 0.338 e. The van der Waals surface area contributed by atoms with Crippen LogP contribution in [0, 0.1) is 10.8 Å². The lowest BCUT2D eigenvalue weighted by Gasteiger charge is -2.36. The first-order valence-corrected chi connectivity index (χ1v) is 12.1. The maximum Gasteiger partial charge on any atom is 0.338 e. The molecule has 2 aromatic rings. The molecule has 0 aliphatic carbocycles. The van der Waals surface area contributed by atoms with Crippen LogP contribution in [0.25, 0.3) is 0 Å². The summed E-state index contributed by atoms with van der Waals surface area (Å²) in [5, 5.41) is 17.0. The molecule has 0 atom stereocenters. The van der Waals surface area contributed by atoms with E-state index in [0.29, 0.717) is 44.0 Å². The van der Waals surface area contributed by atoms with Gasteiger partial charge < -0.3 is 19.9 Å². The molecular formula is C26H33N3O6. The second kappa shape index (κ2) is 9.81. The van der Waals surface area contributed by atoms with E-state index in [1.54, 1.807) is 4.68 Å². The van der Waals surface area contributed by atoms with Crippen LogP contribution in [0.2, 0.25) is 0 Å². The number of carbonyl (C=O) groups excluding carboxylic acids is 2. The van der Waals surface area contributed by atoms with Gasteiger partial charge in [0.15, 0.2) is 0 Å². The van der Waals surface area contributed by atoms with Crippen molar-refractivity contribution in [2.75, 3.05) is 26.4 Å². The second-order valence-corrected chi connectivity index (χ2v) is 10.4. The van der Waals surface area contributed by atoms with Crippen molar-refractivity contribution in [1.29, 1.82) is 0 Å². The number of carbonyl (C=O) groups is 3. The van der Waals surface area contributed by atoms with Crippen molar-refractivity contribution in [2.45, 2.75) is 53.0 Å². The van der Waals surface area contributed by atoms with Crippen molar-refractivity contribution in [3.63, 3.8) is 0 Å². The molecule has 0 unspecified atom stereocenters. The number of carboxylic acids is 1. The number of aromatic nitrogens is 2. The molecule has 1 amide bonds. The third-order valence-corrected chi connectivity index (χ3v) is 6.99. The lowest BCUT2D eigenvalue weighted by molar-refractivity contribution is 0.0159. The van der Waals surface area contributed by atoms with E-state index in [1.807, 2.05) is 20.8 Å². The monoisotopic (exact) mass is 483 g/mol. The summed E-state index contributed by atoms with van der Waals surface area (Å²) in [6.07, 6.45) is 3.11. The molecule has 1 fully saturated rings. The minimum Gasteiger partial charge on any atom is -0.478 e. The first-order valence-electron chi connectivity index (χ1n) is 12.1. The van der Waals surface area contributed by atoms with E-state index in [2.05, 4.69) is 5.32 Å². The lowest BCUT2D eigenvalue weighted by atomic mass is 9.74. The quantitative estimate of drug-likeness (QED) is 0.581. The molecule has 1 spiro atoms. The summed E-state index contributed by atoms with van der Waals surface area (Å²) in [6.45, 7) is 8.75. The number of aryl methyl sites for hydroxylation is 1. The van der Waals surface area contributed by atoms with E-state index in [0.717, 1.165) is 30.5 Å². The molecule has 1 aromatic heterocycles. The van der Waals surface area contributed by atoms with E-state index in [4.69, 9.17) is 19.7 Å². The molecule has 0 bridgehead atoms. The third-order valence-electron chi connectivity index (χ3n) is 6.99. The highest BCUT2D eigenvalue weighted by Crippen LogP contribution is 2.38. The number of carboxylic acid groups (broad SMARTS) is 1. The summed E-state index contributed by atoms with van der Waals surface area (Å²) in [4.78, 5) is 36.6. The Hall–Kier alpha value is -3.20. The number of rotatable bonds is 7. The van der Waals surface area contributed by atoms with Crippen molar-refractivity contribution in [1.82, 2.24) is 15.1 Å². The van der Waals surface area contributed by atoms with Gasteiger partial charge >= 0.3 is 11.9 Å². The molecule has 0 radical (unpaired) electrons. The zero-order valence-corrected chi connectivity index (χ0v) is 20.6. The number of amides is 1. The van der Waals surface area contributed by atoms with Crippen molar-refractivity contribution in [3.05, 3.63) is 52.3 Å². The molecular weight excluding hydrogens is 450 g/mol. The van der Waals surface area contributed by atoms with Gasteiger partial charge in [-0.2, -0.15) is 5.10 Å². The van der Waals surface area contributed by atoms with Gasteiger partial charge in [0.1, 0.15) is 5.69 Å². The lowest BCUT2D eigenvalue weighted by Crippen LogP contribution is -2.40. The fourth-order valence-corrected chi connectivity index (χ4v) is 4.90. The predicted molar refractivity (Wildman–Crippen MR) is 128 cm³/mol. The highest BCUT2D eigenvalue weighted by Gasteiger charge is 2.40. The number of aromatic carboxylic acids is 1. The molecule has 2 aliphatic rings. The van der Waals surface area contributed by atoms with Gasteiger partial charge in [-0.1, -0.05) is 13.8 Å². The van der Waals surface area contributed by atoms with E-state index in [-0.39, 0.29) is 23.5 Å².